The van der Waals surface area contributed by atoms with E-state index in [2.05, 4.69) is 10.1 Å². The van der Waals surface area contributed by atoms with Gasteiger partial charge in [0.25, 0.3) is 0 Å². The monoisotopic (exact) mass is 315 g/mol. The molecule has 0 bridgehead atoms. The highest BCUT2D eigenvalue weighted by Gasteiger charge is 2.20. The summed E-state index contributed by atoms with van der Waals surface area (Å²) >= 11 is 0. The number of methoxy groups -OCH3 is 1. The van der Waals surface area contributed by atoms with Gasteiger partial charge in [-0.2, -0.15) is 8.42 Å². The Bertz CT molecular complexity index is 608. The zero-order valence-corrected chi connectivity index (χ0v) is 12.8. The third kappa shape index (κ3) is 6.26. The van der Waals surface area contributed by atoms with Gasteiger partial charge in [0.1, 0.15) is 11.8 Å². The van der Waals surface area contributed by atoms with Crippen molar-refractivity contribution < 1.29 is 26.9 Å². The lowest BCUT2D eigenvalue weighted by molar-refractivity contribution is -0.144. The summed E-state index contributed by atoms with van der Waals surface area (Å²) in [6.07, 6.45) is 1.18. The Kier molecular flexibility index (Phi) is 5.71. The predicted molar refractivity (Wildman–Crippen MR) is 75.2 cm³/mol. The van der Waals surface area contributed by atoms with Crippen LogP contribution in [0.5, 0.6) is 5.75 Å². The highest BCUT2D eigenvalue weighted by Crippen LogP contribution is 2.15. The lowest BCUT2D eigenvalue weighted by Gasteiger charge is -2.15. The van der Waals surface area contributed by atoms with Crippen molar-refractivity contribution in [3.05, 3.63) is 29.8 Å². The summed E-state index contributed by atoms with van der Waals surface area (Å²) in [6.45, 7) is 1.30. The minimum absolute atomic E-state index is 0.176. The number of carbonyl (C=O) groups is 2. The molecule has 7 nitrogen and oxygen atoms in total. The second-order valence-electron chi connectivity index (χ2n) is 4.41. The van der Waals surface area contributed by atoms with Gasteiger partial charge in [-0.1, -0.05) is 12.1 Å². The minimum Gasteiger partial charge on any atom is -0.467 e. The molecular weight excluding hydrogens is 298 g/mol. The molecule has 1 rings (SSSR count). The first kappa shape index (κ1) is 17.0. The van der Waals surface area contributed by atoms with Crippen LogP contribution < -0.4 is 9.50 Å². The number of benzene rings is 1. The molecule has 1 aromatic rings. The van der Waals surface area contributed by atoms with Gasteiger partial charge in [-0.05, 0) is 17.7 Å². The summed E-state index contributed by atoms with van der Waals surface area (Å²) in [5.74, 6) is -0.723. The zero-order chi connectivity index (χ0) is 16.0. The van der Waals surface area contributed by atoms with Crippen LogP contribution in [-0.2, 0) is 30.9 Å². The quantitative estimate of drug-likeness (QED) is 0.596. The van der Waals surface area contributed by atoms with Crippen molar-refractivity contribution in [3.8, 4) is 5.75 Å². The second-order valence-corrected chi connectivity index (χ2v) is 5.99. The molecule has 0 saturated heterocycles. The maximum Gasteiger partial charge on any atom is 0.328 e. The highest BCUT2D eigenvalue weighted by molar-refractivity contribution is 7.86. The molecular formula is C13H17NO6S. The Morgan fingerprint density at radius 1 is 1.24 bits per heavy atom. The number of nitrogens with one attached hydrogen (secondary N) is 1. The Morgan fingerprint density at radius 2 is 1.81 bits per heavy atom. The largest absolute Gasteiger partial charge is 0.467 e. The van der Waals surface area contributed by atoms with E-state index in [1.807, 2.05) is 0 Å². The van der Waals surface area contributed by atoms with E-state index in [-0.39, 0.29) is 18.1 Å². The van der Waals surface area contributed by atoms with E-state index in [1.165, 1.54) is 26.2 Å². The van der Waals surface area contributed by atoms with E-state index < -0.39 is 22.1 Å². The van der Waals surface area contributed by atoms with Gasteiger partial charge in [0.05, 0.1) is 13.4 Å². The molecule has 0 aliphatic rings. The van der Waals surface area contributed by atoms with E-state index >= 15 is 0 Å². The Labute approximate surface area is 123 Å². The van der Waals surface area contributed by atoms with Crippen molar-refractivity contribution in [2.75, 3.05) is 13.4 Å². The van der Waals surface area contributed by atoms with Crippen LogP contribution in [0.4, 0.5) is 0 Å². The smallest absolute Gasteiger partial charge is 0.328 e. The fourth-order valence-electron chi connectivity index (χ4n) is 1.67. The number of carbonyl (C=O) groups excluding carboxylic acids is 2. The molecule has 8 heteroatoms. The first-order chi connectivity index (χ1) is 9.71. The fraction of sp³-hybridized carbons (Fsp3) is 0.385. The summed E-state index contributed by atoms with van der Waals surface area (Å²) in [5.41, 5.74) is 0.722. The normalized spacial score (nSPS) is 12.3. The van der Waals surface area contributed by atoms with Gasteiger partial charge in [-0.3, -0.25) is 4.79 Å². The minimum atomic E-state index is -3.58. The fourth-order valence-corrected chi connectivity index (χ4v) is 2.13. The number of ether oxygens (including phenoxy) is 1. The van der Waals surface area contributed by atoms with Crippen LogP contribution in [0, 0.1) is 0 Å². The van der Waals surface area contributed by atoms with Gasteiger partial charge >= 0.3 is 16.1 Å². The maximum atomic E-state index is 11.6. The van der Waals surface area contributed by atoms with Crippen LogP contribution in [0.1, 0.15) is 12.5 Å². The third-order valence-corrected chi connectivity index (χ3v) is 2.97. The molecule has 0 aliphatic heterocycles. The summed E-state index contributed by atoms with van der Waals surface area (Å²) in [6, 6.07) is 5.36. The van der Waals surface area contributed by atoms with Gasteiger partial charge in [0, 0.05) is 13.3 Å². The number of rotatable bonds is 6. The molecule has 116 valence electrons. The molecule has 1 amide bonds. The van der Waals surface area contributed by atoms with Crippen LogP contribution in [0.15, 0.2) is 24.3 Å². The van der Waals surface area contributed by atoms with Gasteiger partial charge in [0.15, 0.2) is 0 Å². The van der Waals surface area contributed by atoms with Crippen LogP contribution in [0.2, 0.25) is 0 Å². The lowest BCUT2D eigenvalue weighted by atomic mass is 10.1. The van der Waals surface area contributed by atoms with Crippen molar-refractivity contribution >= 4 is 22.0 Å². The van der Waals surface area contributed by atoms with E-state index in [4.69, 9.17) is 4.18 Å². The summed E-state index contributed by atoms with van der Waals surface area (Å²) in [5, 5.41) is 2.49. The molecule has 1 N–H and O–H groups in total. The molecule has 0 aliphatic carbocycles. The van der Waals surface area contributed by atoms with Gasteiger partial charge in [-0.15, -0.1) is 0 Å². The number of esters is 1. The summed E-state index contributed by atoms with van der Waals surface area (Å²) in [7, 11) is -2.34. The molecule has 1 unspecified atom stereocenters. The molecule has 0 spiro atoms. The standard InChI is InChI=1S/C13H17NO6S/c1-9(15)14-12(13(16)19-2)8-10-4-6-11(7-5-10)20-21(3,17)18/h4-7,12H,8H2,1-3H3,(H,14,15). The second kappa shape index (κ2) is 7.07. The highest BCUT2D eigenvalue weighted by atomic mass is 32.2. The average Bonchev–Trinajstić information content (AvgIpc) is 2.37. The summed E-state index contributed by atoms with van der Waals surface area (Å²) in [4.78, 5) is 22.6. The van der Waals surface area contributed by atoms with Crippen molar-refractivity contribution in [2.24, 2.45) is 0 Å². The lowest BCUT2D eigenvalue weighted by Crippen LogP contribution is -2.41. The maximum absolute atomic E-state index is 11.6. The number of hydrogen-bond acceptors (Lipinski definition) is 6. The van der Waals surface area contributed by atoms with Crippen LogP contribution in [-0.4, -0.2) is 39.7 Å². The molecule has 1 aromatic carbocycles. The average molecular weight is 315 g/mol. The van der Waals surface area contributed by atoms with Crippen molar-refractivity contribution in [1.82, 2.24) is 5.32 Å². The molecule has 1 atom stereocenters. The van der Waals surface area contributed by atoms with Gasteiger partial charge in [0.2, 0.25) is 5.91 Å². The van der Waals surface area contributed by atoms with E-state index in [0.717, 1.165) is 11.8 Å². The molecule has 0 aromatic heterocycles. The number of amides is 1. The van der Waals surface area contributed by atoms with E-state index in [9.17, 15) is 18.0 Å². The Balaban J connectivity index is 2.80. The molecule has 0 fully saturated rings. The Morgan fingerprint density at radius 3 is 2.24 bits per heavy atom. The zero-order valence-electron chi connectivity index (χ0n) is 12.0. The molecule has 0 saturated carbocycles. The molecule has 21 heavy (non-hydrogen) atoms. The van der Waals surface area contributed by atoms with Crippen molar-refractivity contribution in [2.45, 2.75) is 19.4 Å². The van der Waals surface area contributed by atoms with Crippen molar-refractivity contribution in [1.29, 1.82) is 0 Å². The third-order valence-electron chi connectivity index (χ3n) is 2.47. The molecule has 0 heterocycles. The van der Waals surface area contributed by atoms with E-state index in [1.54, 1.807) is 12.1 Å². The number of hydrogen-bond donors (Lipinski definition) is 1. The SMILES string of the molecule is COC(=O)C(Cc1ccc(OS(C)(=O)=O)cc1)NC(C)=O. The predicted octanol–water partition coefficient (Wildman–Crippen LogP) is 0.245. The van der Waals surface area contributed by atoms with Crippen LogP contribution in [0.3, 0.4) is 0 Å². The van der Waals surface area contributed by atoms with E-state index in [0.29, 0.717) is 0 Å². The first-order valence-electron chi connectivity index (χ1n) is 6.04. The van der Waals surface area contributed by atoms with Crippen molar-refractivity contribution in [3.63, 3.8) is 0 Å². The van der Waals surface area contributed by atoms with Gasteiger partial charge < -0.3 is 14.2 Å². The Hall–Kier alpha value is -2.09. The van der Waals surface area contributed by atoms with Gasteiger partial charge in [-0.25, -0.2) is 4.79 Å². The topological polar surface area (TPSA) is 98.8 Å². The van der Waals surface area contributed by atoms with Crippen LogP contribution >= 0.6 is 0 Å². The first-order valence-corrected chi connectivity index (χ1v) is 7.86. The molecule has 0 radical (unpaired) electrons. The van der Waals surface area contributed by atoms with Crippen LogP contribution in [0.25, 0.3) is 0 Å². The summed E-state index contributed by atoms with van der Waals surface area (Å²) < 4.78 is 31.3.